The second-order valence-electron chi connectivity index (χ2n) is 7.41. The van der Waals surface area contributed by atoms with E-state index in [-0.39, 0.29) is 5.63 Å². The summed E-state index contributed by atoms with van der Waals surface area (Å²) < 4.78 is 8.74. The van der Waals surface area contributed by atoms with Crippen LogP contribution in [0.15, 0.2) is 56.8 Å². The summed E-state index contributed by atoms with van der Waals surface area (Å²) in [4.78, 5) is 13.0. The molecule has 5 nitrogen and oxygen atoms in total. The first-order valence-corrected chi connectivity index (χ1v) is 11.2. The third-order valence-corrected chi connectivity index (χ3v) is 7.10. The molecule has 3 aromatic heterocycles. The van der Waals surface area contributed by atoms with Crippen LogP contribution in [0.2, 0.25) is 0 Å². The van der Waals surface area contributed by atoms with E-state index in [9.17, 15) is 4.79 Å². The van der Waals surface area contributed by atoms with E-state index in [0.717, 1.165) is 32.1 Å². The van der Waals surface area contributed by atoms with Crippen LogP contribution in [-0.4, -0.2) is 14.6 Å². The quantitative estimate of drug-likeness (QED) is 0.272. The molecule has 0 bridgehead atoms. The van der Waals surface area contributed by atoms with Crippen LogP contribution in [0.3, 0.4) is 0 Å². The molecule has 0 amide bonds. The summed E-state index contributed by atoms with van der Waals surface area (Å²) in [7, 11) is 0. The maximum Gasteiger partial charge on any atom is 0.336 e. The highest BCUT2D eigenvalue weighted by molar-refractivity contribution is 7.98. The van der Waals surface area contributed by atoms with E-state index in [2.05, 4.69) is 53.6 Å². The Kier molecular flexibility index (Phi) is 4.44. The van der Waals surface area contributed by atoms with Crippen LogP contribution in [0.1, 0.15) is 36.5 Å². The Bertz CT molecular complexity index is 1430. The average Bonchev–Trinajstić information content (AvgIpc) is 3.24. The number of para-hydroxylation sites is 1. The molecule has 0 aliphatic rings. The fourth-order valence-electron chi connectivity index (χ4n) is 3.72. The maximum atomic E-state index is 12.1. The molecule has 5 rings (SSSR count). The Morgan fingerprint density at radius 3 is 2.83 bits per heavy atom. The molecule has 0 aliphatic carbocycles. The third-order valence-electron chi connectivity index (χ3n) is 5.11. The first-order valence-electron chi connectivity index (χ1n) is 9.44. The van der Waals surface area contributed by atoms with Crippen LogP contribution in [0.25, 0.3) is 26.1 Å². The lowest BCUT2D eigenvalue weighted by Gasteiger charge is -2.12. The number of thiazole rings is 1. The molecule has 0 N–H and O–H groups in total. The molecule has 146 valence electrons. The zero-order valence-corrected chi connectivity index (χ0v) is 17.9. The summed E-state index contributed by atoms with van der Waals surface area (Å²) >= 11 is 3.21. The Morgan fingerprint density at radius 2 is 2.00 bits per heavy atom. The Morgan fingerprint density at radius 1 is 1.17 bits per heavy atom. The highest BCUT2D eigenvalue weighted by Gasteiger charge is 2.15. The van der Waals surface area contributed by atoms with E-state index in [4.69, 9.17) is 4.42 Å². The van der Waals surface area contributed by atoms with Crippen molar-refractivity contribution in [3.05, 3.63) is 69.6 Å². The molecule has 29 heavy (non-hydrogen) atoms. The lowest BCUT2D eigenvalue weighted by molar-refractivity contribution is 0.559. The standard InChI is InChI=1S/C22H19N3O2S2/c1-12(2)15-10-16-14(9-20(26)27-18(16)8-13(15)3)11-28-21-23-24-22-25(21)17-6-4-5-7-19(17)29-22/h4-10,12H,11H2,1-3H3. The van der Waals surface area contributed by atoms with Crippen LogP contribution < -0.4 is 5.63 Å². The van der Waals surface area contributed by atoms with Gasteiger partial charge in [0.2, 0.25) is 4.96 Å². The summed E-state index contributed by atoms with van der Waals surface area (Å²) in [5, 5.41) is 10.5. The predicted molar refractivity (Wildman–Crippen MR) is 119 cm³/mol. The van der Waals surface area contributed by atoms with E-state index in [1.165, 1.54) is 10.3 Å². The molecule has 3 heterocycles. The lowest BCUT2D eigenvalue weighted by Crippen LogP contribution is -2.02. The molecule has 0 aliphatic heterocycles. The topological polar surface area (TPSA) is 60.4 Å². The van der Waals surface area contributed by atoms with E-state index in [0.29, 0.717) is 17.3 Å². The predicted octanol–water partition coefficient (Wildman–Crippen LogP) is 5.77. The van der Waals surface area contributed by atoms with Crippen molar-refractivity contribution in [1.82, 2.24) is 14.6 Å². The Balaban J connectivity index is 1.58. The van der Waals surface area contributed by atoms with Gasteiger partial charge in [0.15, 0.2) is 5.16 Å². The van der Waals surface area contributed by atoms with Crippen LogP contribution in [-0.2, 0) is 5.75 Å². The minimum atomic E-state index is -0.322. The maximum absolute atomic E-state index is 12.1. The minimum absolute atomic E-state index is 0.322. The highest BCUT2D eigenvalue weighted by atomic mass is 32.2. The van der Waals surface area contributed by atoms with Gasteiger partial charge in [-0.05, 0) is 53.8 Å². The number of rotatable bonds is 4. The van der Waals surface area contributed by atoms with E-state index in [1.807, 2.05) is 18.2 Å². The van der Waals surface area contributed by atoms with Crippen LogP contribution >= 0.6 is 23.1 Å². The lowest BCUT2D eigenvalue weighted by atomic mass is 9.95. The Labute approximate surface area is 175 Å². The van der Waals surface area contributed by atoms with Gasteiger partial charge in [0.25, 0.3) is 0 Å². The van der Waals surface area contributed by atoms with Crippen molar-refractivity contribution in [1.29, 1.82) is 0 Å². The SMILES string of the molecule is Cc1cc2oc(=O)cc(CSc3nnc4sc5ccccc5n34)c2cc1C(C)C. The van der Waals surface area contributed by atoms with Gasteiger partial charge >= 0.3 is 5.63 Å². The molecular formula is C22H19N3O2S2. The van der Waals surface area contributed by atoms with Gasteiger partial charge < -0.3 is 4.42 Å². The summed E-state index contributed by atoms with van der Waals surface area (Å²) in [6.07, 6.45) is 0. The highest BCUT2D eigenvalue weighted by Crippen LogP contribution is 2.33. The van der Waals surface area contributed by atoms with Crippen molar-refractivity contribution < 1.29 is 4.42 Å². The van der Waals surface area contributed by atoms with Gasteiger partial charge in [0, 0.05) is 17.2 Å². The van der Waals surface area contributed by atoms with Crippen LogP contribution in [0.5, 0.6) is 0 Å². The molecule has 7 heteroatoms. The summed E-state index contributed by atoms with van der Waals surface area (Å²) in [5.74, 6) is 1.02. The molecule has 0 saturated carbocycles. The van der Waals surface area contributed by atoms with E-state index >= 15 is 0 Å². The molecule has 0 fully saturated rings. The second-order valence-corrected chi connectivity index (χ2v) is 9.36. The zero-order chi connectivity index (χ0) is 20.1. The molecule has 0 saturated heterocycles. The fraction of sp³-hybridized carbons (Fsp3) is 0.227. The number of benzene rings is 2. The largest absolute Gasteiger partial charge is 0.423 e. The first-order chi connectivity index (χ1) is 14.0. The van der Waals surface area contributed by atoms with Crippen molar-refractivity contribution in [2.75, 3.05) is 0 Å². The minimum Gasteiger partial charge on any atom is -0.423 e. The normalized spacial score (nSPS) is 12.0. The molecule has 0 atom stereocenters. The molecule has 0 radical (unpaired) electrons. The third kappa shape index (κ3) is 3.14. The van der Waals surface area contributed by atoms with Gasteiger partial charge in [-0.1, -0.05) is 49.1 Å². The molecular weight excluding hydrogens is 402 g/mol. The van der Waals surface area contributed by atoms with E-state index < -0.39 is 0 Å². The molecule has 2 aromatic carbocycles. The van der Waals surface area contributed by atoms with E-state index in [1.54, 1.807) is 29.2 Å². The number of thioether (sulfide) groups is 1. The number of aromatic nitrogens is 3. The van der Waals surface area contributed by atoms with Gasteiger partial charge in [-0.25, -0.2) is 4.79 Å². The molecule has 5 aromatic rings. The van der Waals surface area contributed by atoms with Crippen molar-refractivity contribution in [2.45, 2.75) is 37.6 Å². The van der Waals surface area contributed by atoms with Crippen LogP contribution in [0.4, 0.5) is 0 Å². The van der Waals surface area contributed by atoms with Gasteiger partial charge in [-0.3, -0.25) is 4.40 Å². The molecule has 0 spiro atoms. The van der Waals surface area contributed by atoms with Crippen LogP contribution in [0, 0.1) is 6.92 Å². The van der Waals surface area contributed by atoms with Crippen molar-refractivity contribution in [3.8, 4) is 0 Å². The average molecular weight is 422 g/mol. The smallest absolute Gasteiger partial charge is 0.336 e. The monoisotopic (exact) mass is 421 g/mol. The number of nitrogens with zero attached hydrogens (tertiary/aromatic N) is 3. The molecule has 0 unspecified atom stereocenters. The second kappa shape index (κ2) is 7.00. The van der Waals surface area contributed by atoms with Crippen molar-refractivity contribution >= 4 is 49.2 Å². The number of hydrogen-bond acceptors (Lipinski definition) is 6. The summed E-state index contributed by atoms with van der Waals surface area (Å²) in [6.45, 7) is 6.41. The van der Waals surface area contributed by atoms with Gasteiger partial charge in [0.05, 0.1) is 10.2 Å². The fourth-order valence-corrected chi connectivity index (χ4v) is 5.68. The number of aryl methyl sites for hydroxylation is 1. The van der Waals surface area contributed by atoms with Gasteiger partial charge in [-0.15, -0.1) is 10.2 Å². The summed E-state index contributed by atoms with van der Waals surface area (Å²) in [6, 6.07) is 14.0. The first kappa shape index (κ1) is 18.4. The van der Waals surface area contributed by atoms with Crippen molar-refractivity contribution in [2.24, 2.45) is 0 Å². The summed E-state index contributed by atoms with van der Waals surface area (Å²) in [5.41, 5.74) is 4.80. The van der Waals surface area contributed by atoms with Gasteiger partial charge in [0.1, 0.15) is 5.58 Å². The number of fused-ring (bicyclic) bond motifs is 4. The zero-order valence-electron chi connectivity index (χ0n) is 16.3. The van der Waals surface area contributed by atoms with Crippen molar-refractivity contribution in [3.63, 3.8) is 0 Å². The Hall–Kier alpha value is -2.64. The number of hydrogen-bond donors (Lipinski definition) is 0. The van der Waals surface area contributed by atoms with Gasteiger partial charge in [-0.2, -0.15) is 0 Å².